The Balaban J connectivity index is 1.51. The van der Waals surface area contributed by atoms with E-state index in [-0.39, 0.29) is 16.8 Å². The lowest BCUT2D eigenvalue weighted by atomic mass is 10.1. The van der Waals surface area contributed by atoms with Gasteiger partial charge in [0.2, 0.25) is 10.0 Å². The molecule has 0 saturated carbocycles. The molecule has 1 atom stereocenters. The Morgan fingerprint density at radius 2 is 1.63 bits per heavy atom. The highest BCUT2D eigenvalue weighted by molar-refractivity contribution is 7.89. The van der Waals surface area contributed by atoms with Crippen LogP contribution in [0.4, 0.5) is 0 Å². The van der Waals surface area contributed by atoms with Crippen molar-refractivity contribution in [1.82, 2.24) is 9.62 Å². The van der Waals surface area contributed by atoms with Gasteiger partial charge in [-0.3, -0.25) is 4.79 Å². The Hall–Kier alpha value is -2.29. The molecule has 1 amide bonds. The van der Waals surface area contributed by atoms with E-state index in [2.05, 4.69) is 5.32 Å². The average molecular weight is 453 g/mol. The monoisotopic (exact) mass is 452 g/mol. The molecule has 30 heavy (non-hydrogen) atoms. The first-order valence-corrected chi connectivity index (χ1v) is 11.5. The third-order valence-electron chi connectivity index (χ3n) is 4.99. The summed E-state index contributed by atoms with van der Waals surface area (Å²) in [5.41, 5.74) is 0. The van der Waals surface area contributed by atoms with E-state index in [0.29, 0.717) is 42.5 Å². The van der Waals surface area contributed by atoms with Crippen LogP contribution in [0.25, 0.3) is 0 Å². The quantitative estimate of drug-likeness (QED) is 0.697. The van der Waals surface area contributed by atoms with Gasteiger partial charge in [-0.15, -0.1) is 0 Å². The lowest BCUT2D eigenvalue weighted by Crippen LogP contribution is -2.49. The fourth-order valence-electron chi connectivity index (χ4n) is 3.23. The zero-order valence-corrected chi connectivity index (χ0v) is 18.4. The fourth-order valence-corrected chi connectivity index (χ4v) is 4.82. The van der Waals surface area contributed by atoms with Crippen LogP contribution in [0.15, 0.2) is 53.4 Å². The second kappa shape index (κ2) is 9.68. The maximum atomic E-state index is 12.8. The first kappa shape index (κ1) is 22.4. The summed E-state index contributed by atoms with van der Waals surface area (Å²) < 4.78 is 37.8. The van der Waals surface area contributed by atoms with Crippen molar-refractivity contribution in [3.8, 4) is 11.5 Å². The zero-order valence-electron chi connectivity index (χ0n) is 16.9. The summed E-state index contributed by atoms with van der Waals surface area (Å²) in [6, 6.07) is 13.0. The number of hydrogen-bond acceptors (Lipinski definition) is 5. The number of sulfonamides is 1. The van der Waals surface area contributed by atoms with Crippen molar-refractivity contribution in [3.05, 3.63) is 53.6 Å². The first-order valence-electron chi connectivity index (χ1n) is 9.66. The van der Waals surface area contributed by atoms with Crippen molar-refractivity contribution in [3.63, 3.8) is 0 Å². The van der Waals surface area contributed by atoms with E-state index in [4.69, 9.17) is 21.1 Å². The van der Waals surface area contributed by atoms with Gasteiger partial charge >= 0.3 is 0 Å². The summed E-state index contributed by atoms with van der Waals surface area (Å²) in [5.74, 6) is 0.925. The molecule has 0 aliphatic carbocycles. The number of hydrogen-bond donors (Lipinski definition) is 1. The summed E-state index contributed by atoms with van der Waals surface area (Å²) in [6.45, 7) is 2.35. The molecule has 1 saturated heterocycles. The molecule has 2 aromatic carbocycles. The standard InChI is InChI=1S/C21H25ClN2O5S/c1-15(29-19-5-3-16(22)4-6-19)21(25)23-17-11-13-24(14-12-17)30(26,27)20-9-7-18(28-2)8-10-20/h3-10,15,17H,11-14H2,1-2H3,(H,23,25). The Bertz CT molecular complexity index is 956. The molecular weight excluding hydrogens is 428 g/mol. The van der Waals surface area contributed by atoms with Gasteiger partial charge in [-0.25, -0.2) is 8.42 Å². The molecule has 1 heterocycles. The summed E-state index contributed by atoms with van der Waals surface area (Å²) in [5, 5.41) is 3.54. The Morgan fingerprint density at radius 1 is 1.07 bits per heavy atom. The van der Waals surface area contributed by atoms with E-state index in [1.807, 2.05) is 0 Å². The molecule has 9 heteroatoms. The Morgan fingerprint density at radius 3 is 2.20 bits per heavy atom. The number of methoxy groups -OCH3 is 1. The lowest BCUT2D eigenvalue weighted by molar-refractivity contribution is -0.128. The molecule has 2 aromatic rings. The number of halogens is 1. The molecule has 0 radical (unpaired) electrons. The maximum absolute atomic E-state index is 12.8. The van der Waals surface area contributed by atoms with E-state index in [0.717, 1.165) is 0 Å². The first-order chi connectivity index (χ1) is 14.3. The molecular formula is C21H25ClN2O5S. The van der Waals surface area contributed by atoms with E-state index < -0.39 is 16.1 Å². The van der Waals surface area contributed by atoms with Crippen molar-refractivity contribution >= 4 is 27.5 Å². The van der Waals surface area contributed by atoms with Crippen molar-refractivity contribution in [2.75, 3.05) is 20.2 Å². The predicted octanol–water partition coefficient (Wildman–Crippen LogP) is 3.09. The van der Waals surface area contributed by atoms with Crippen LogP contribution in [0.1, 0.15) is 19.8 Å². The van der Waals surface area contributed by atoms with Gasteiger partial charge in [0, 0.05) is 24.2 Å². The Labute approximate surface area is 182 Å². The average Bonchev–Trinajstić information content (AvgIpc) is 2.75. The summed E-state index contributed by atoms with van der Waals surface area (Å²) in [4.78, 5) is 12.7. The summed E-state index contributed by atoms with van der Waals surface area (Å²) in [6.07, 6.45) is 0.399. The number of nitrogens with one attached hydrogen (secondary N) is 1. The van der Waals surface area contributed by atoms with Gasteiger partial charge in [0.15, 0.2) is 6.10 Å². The molecule has 0 spiro atoms. The van der Waals surface area contributed by atoms with Gasteiger partial charge in [-0.05, 0) is 68.3 Å². The van der Waals surface area contributed by atoms with Crippen LogP contribution >= 0.6 is 11.6 Å². The highest BCUT2D eigenvalue weighted by Gasteiger charge is 2.30. The van der Waals surface area contributed by atoms with Crippen LogP contribution in [-0.4, -0.2) is 51.0 Å². The van der Waals surface area contributed by atoms with Crippen LogP contribution in [0, 0.1) is 0 Å². The number of nitrogens with zero attached hydrogens (tertiary/aromatic N) is 1. The number of carbonyl (C=O) groups is 1. The molecule has 1 aliphatic heterocycles. The number of benzene rings is 2. The third-order valence-corrected chi connectivity index (χ3v) is 7.16. The van der Waals surface area contributed by atoms with Crippen LogP contribution < -0.4 is 14.8 Å². The summed E-state index contributed by atoms with van der Waals surface area (Å²) >= 11 is 5.85. The molecule has 1 fully saturated rings. The number of amides is 1. The van der Waals surface area contributed by atoms with Crippen LogP contribution in [0.3, 0.4) is 0 Å². The van der Waals surface area contributed by atoms with E-state index in [1.165, 1.54) is 23.5 Å². The Kier molecular flexibility index (Phi) is 7.23. The van der Waals surface area contributed by atoms with Gasteiger partial charge in [0.05, 0.1) is 12.0 Å². The van der Waals surface area contributed by atoms with E-state index >= 15 is 0 Å². The second-order valence-electron chi connectivity index (χ2n) is 7.08. The molecule has 1 aliphatic rings. The van der Waals surface area contributed by atoms with Crippen LogP contribution in [0.5, 0.6) is 11.5 Å². The highest BCUT2D eigenvalue weighted by Crippen LogP contribution is 2.23. The molecule has 0 aromatic heterocycles. The van der Waals surface area contributed by atoms with E-state index in [1.54, 1.807) is 43.3 Å². The largest absolute Gasteiger partial charge is 0.497 e. The van der Waals surface area contributed by atoms with Gasteiger partial charge in [-0.1, -0.05) is 11.6 Å². The predicted molar refractivity (Wildman–Crippen MR) is 114 cm³/mol. The van der Waals surface area contributed by atoms with Crippen molar-refractivity contribution in [2.45, 2.75) is 36.8 Å². The van der Waals surface area contributed by atoms with Crippen molar-refractivity contribution in [1.29, 1.82) is 0 Å². The summed E-state index contributed by atoms with van der Waals surface area (Å²) in [7, 11) is -2.04. The smallest absolute Gasteiger partial charge is 0.260 e. The van der Waals surface area contributed by atoms with Crippen molar-refractivity contribution < 1.29 is 22.7 Å². The molecule has 162 valence electrons. The normalized spacial score (nSPS) is 16.6. The second-order valence-corrected chi connectivity index (χ2v) is 9.45. The molecule has 3 rings (SSSR count). The SMILES string of the molecule is COc1ccc(S(=O)(=O)N2CCC(NC(=O)C(C)Oc3ccc(Cl)cc3)CC2)cc1. The van der Waals surface area contributed by atoms with Crippen LogP contribution in [-0.2, 0) is 14.8 Å². The van der Waals surface area contributed by atoms with Crippen molar-refractivity contribution in [2.24, 2.45) is 0 Å². The maximum Gasteiger partial charge on any atom is 0.260 e. The fraction of sp³-hybridized carbons (Fsp3) is 0.381. The van der Waals surface area contributed by atoms with Gasteiger partial charge in [0.1, 0.15) is 11.5 Å². The number of rotatable bonds is 7. The molecule has 7 nitrogen and oxygen atoms in total. The minimum absolute atomic E-state index is 0.101. The van der Waals surface area contributed by atoms with Crippen LogP contribution in [0.2, 0.25) is 5.02 Å². The minimum atomic E-state index is -3.57. The molecule has 1 N–H and O–H groups in total. The van der Waals surface area contributed by atoms with Gasteiger partial charge in [-0.2, -0.15) is 4.31 Å². The number of carbonyl (C=O) groups excluding carboxylic acids is 1. The lowest BCUT2D eigenvalue weighted by Gasteiger charge is -2.32. The number of ether oxygens (including phenoxy) is 2. The number of piperidine rings is 1. The molecule has 0 bridgehead atoms. The van der Waals surface area contributed by atoms with Gasteiger partial charge in [0.25, 0.3) is 5.91 Å². The minimum Gasteiger partial charge on any atom is -0.497 e. The zero-order chi connectivity index (χ0) is 21.7. The topological polar surface area (TPSA) is 84.9 Å². The highest BCUT2D eigenvalue weighted by atomic mass is 35.5. The third kappa shape index (κ3) is 5.44. The molecule has 1 unspecified atom stereocenters. The van der Waals surface area contributed by atoms with Gasteiger partial charge < -0.3 is 14.8 Å². The van der Waals surface area contributed by atoms with E-state index in [9.17, 15) is 13.2 Å².